The number of benzene rings is 2. The smallest absolute Gasteiger partial charge is 0.425 e. The molecule has 5 amide bonds. The van der Waals surface area contributed by atoms with Crippen molar-refractivity contribution < 1.29 is 28.7 Å². The molecule has 2 heterocycles. The summed E-state index contributed by atoms with van der Waals surface area (Å²) >= 11 is 0. The maximum atomic E-state index is 13.6. The highest BCUT2D eigenvalue weighted by Gasteiger charge is 2.64. The minimum atomic E-state index is -1.34. The van der Waals surface area contributed by atoms with Gasteiger partial charge in [-0.15, -0.1) is 0 Å². The molecular formula is C29H35N3O6. The van der Waals surface area contributed by atoms with Crippen molar-refractivity contribution in [2.24, 2.45) is 0 Å². The van der Waals surface area contributed by atoms with Crippen LogP contribution < -0.4 is 5.32 Å². The van der Waals surface area contributed by atoms with E-state index in [0.717, 1.165) is 11.1 Å². The molecule has 0 aromatic heterocycles. The summed E-state index contributed by atoms with van der Waals surface area (Å²) < 4.78 is 10.9. The van der Waals surface area contributed by atoms with Gasteiger partial charge in [0, 0.05) is 36.8 Å². The van der Waals surface area contributed by atoms with Crippen molar-refractivity contribution in [2.75, 3.05) is 13.2 Å². The Kier molecular flexibility index (Phi) is 7.49. The predicted molar refractivity (Wildman–Crippen MR) is 140 cm³/mol. The summed E-state index contributed by atoms with van der Waals surface area (Å²) in [4.78, 5) is 54.5. The van der Waals surface area contributed by atoms with Gasteiger partial charge < -0.3 is 14.8 Å². The number of rotatable bonds is 6. The number of amides is 5. The standard InChI is InChI=1S/C29H35N3O6/c1-27(2)19-29(20-28(3,4)32(27)26(36)38-18-16-22-13-9-6-10-14-22)23(33)31(24(34)30-29)25(35)37-17-15-21-11-7-5-8-12-21/h5-14H,15-20H2,1-4H3,(H,30,34). The van der Waals surface area contributed by atoms with E-state index in [1.54, 1.807) is 4.90 Å². The zero-order valence-corrected chi connectivity index (χ0v) is 22.4. The van der Waals surface area contributed by atoms with Crippen molar-refractivity contribution in [1.82, 2.24) is 15.1 Å². The number of urea groups is 1. The summed E-state index contributed by atoms with van der Waals surface area (Å²) in [7, 11) is 0. The number of ether oxygens (including phenoxy) is 2. The van der Waals surface area contributed by atoms with Crippen LogP contribution in [-0.4, -0.2) is 63.8 Å². The van der Waals surface area contributed by atoms with Crippen molar-refractivity contribution in [3.63, 3.8) is 0 Å². The van der Waals surface area contributed by atoms with E-state index in [1.807, 2.05) is 88.4 Å². The van der Waals surface area contributed by atoms with Gasteiger partial charge in [0.05, 0.1) is 13.2 Å². The Labute approximate surface area is 223 Å². The molecule has 1 spiro atoms. The van der Waals surface area contributed by atoms with Crippen LogP contribution in [0.3, 0.4) is 0 Å². The average molecular weight is 522 g/mol. The number of imide groups is 3. The third-order valence-electron chi connectivity index (χ3n) is 7.12. The number of hydrogen-bond donors (Lipinski definition) is 1. The molecule has 2 aliphatic rings. The van der Waals surface area contributed by atoms with Crippen LogP contribution in [0.4, 0.5) is 14.4 Å². The van der Waals surface area contributed by atoms with Crippen LogP contribution in [0.1, 0.15) is 51.7 Å². The first-order valence-corrected chi connectivity index (χ1v) is 12.8. The minimum absolute atomic E-state index is 0.0342. The first kappa shape index (κ1) is 27.2. The molecule has 2 fully saturated rings. The fourth-order valence-corrected chi connectivity index (χ4v) is 5.97. The molecule has 0 unspecified atom stereocenters. The molecule has 1 N–H and O–H groups in total. The molecule has 38 heavy (non-hydrogen) atoms. The fourth-order valence-electron chi connectivity index (χ4n) is 5.97. The monoisotopic (exact) mass is 521 g/mol. The van der Waals surface area contributed by atoms with Gasteiger partial charge in [-0.25, -0.2) is 14.4 Å². The van der Waals surface area contributed by atoms with E-state index >= 15 is 0 Å². The van der Waals surface area contributed by atoms with E-state index in [2.05, 4.69) is 5.32 Å². The number of piperidine rings is 1. The number of likely N-dealkylation sites (tertiary alicyclic amines) is 1. The second-order valence-corrected chi connectivity index (χ2v) is 11.2. The van der Waals surface area contributed by atoms with Gasteiger partial charge in [0.25, 0.3) is 5.91 Å². The molecule has 0 saturated carbocycles. The zero-order valence-electron chi connectivity index (χ0n) is 22.4. The SMILES string of the molecule is CC1(C)CC2(CC(C)(C)N1C(=O)OCCc1ccccc1)NC(=O)N(C(=O)OCCc1ccccc1)C2=O. The lowest BCUT2D eigenvalue weighted by molar-refractivity contribution is -0.138. The van der Waals surface area contributed by atoms with Crippen molar-refractivity contribution in [2.45, 2.75) is 70.0 Å². The highest BCUT2D eigenvalue weighted by atomic mass is 16.6. The maximum absolute atomic E-state index is 13.6. The summed E-state index contributed by atoms with van der Waals surface area (Å²) in [6.07, 6.45) is -0.201. The largest absolute Gasteiger partial charge is 0.449 e. The van der Waals surface area contributed by atoms with Gasteiger partial charge in [-0.3, -0.25) is 9.69 Å². The third-order valence-corrected chi connectivity index (χ3v) is 7.12. The van der Waals surface area contributed by atoms with Gasteiger partial charge in [0.15, 0.2) is 0 Å². The van der Waals surface area contributed by atoms with E-state index in [-0.39, 0.29) is 26.1 Å². The lowest BCUT2D eigenvalue weighted by atomic mass is 9.69. The van der Waals surface area contributed by atoms with E-state index < -0.39 is 40.7 Å². The van der Waals surface area contributed by atoms with Gasteiger partial charge in [-0.05, 0) is 38.8 Å². The molecule has 9 heteroatoms. The fraction of sp³-hybridized carbons (Fsp3) is 0.448. The van der Waals surface area contributed by atoms with Crippen molar-refractivity contribution in [3.8, 4) is 0 Å². The number of carbonyl (C=O) groups excluding carboxylic acids is 4. The van der Waals surface area contributed by atoms with Gasteiger partial charge in [-0.1, -0.05) is 60.7 Å². The van der Waals surface area contributed by atoms with E-state index in [4.69, 9.17) is 9.47 Å². The number of carbonyl (C=O) groups is 4. The molecule has 4 rings (SSSR count). The summed E-state index contributed by atoms with van der Waals surface area (Å²) in [5.41, 5.74) is -1.03. The Morgan fingerprint density at radius 3 is 1.68 bits per heavy atom. The van der Waals surface area contributed by atoms with E-state index in [1.165, 1.54) is 0 Å². The summed E-state index contributed by atoms with van der Waals surface area (Å²) in [6.45, 7) is 7.56. The van der Waals surface area contributed by atoms with Crippen molar-refractivity contribution in [1.29, 1.82) is 0 Å². The molecule has 0 atom stereocenters. The first-order chi connectivity index (χ1) is 18.0. The van der Waals surface area contributed by atoms with Crippen LogP contribution in [-0.2, 0) is 27.1 Å². The van der Waals surface area contributed by atoms with Crippen LogP contribution in [0.5, 0.6) is 0 Å². The molecule has 0 aliphatic carbocycles. The van der Waals surface area contributed by atoms with Crippen LogP contribution in [0.15, 0.2) is 60.7 Å². The highest BCUT2D eigenvalue weighted by Crippen LogP contribution is 2.46. The maximum Gasteiger partial charge on any atom is 0.425 e. The van der Waals surface area contributed by atoms with Crippen LogP contribution in [0.2, 0.25) is 0 Å². The molecule has 9 nitrogen and oxygen atoms in total. The Hall–Kier alpha value is -3.88. The average Bonchev–Trinajstić information content (AvgIpc) is 3.06. The summed E-state index contributed by atoms with van der Waals surface area (Å²) in [5, 5.41) is 2.75. The van der Waals surface area contributed by atoms with Crippen LogP contribution in [0, 0.1) is 0 Å². The lowest BCUT2D eigenvalue weighted by Gasteiger charge is -2.56. The predicted octanol–water partition coefficient (Wildman–Crippen LogP) is 4.69. The topological polar surface area (TPSA) is 105 Å². The summed E-state index contributed by atoms with van der Waals surface area (Å²) in [5.74, 6) is -0.662. The van der Waals surface area contributed by atoms with Crippen LogP contribution in [0.25, 0.3) is 0 Å². The van der Waals surface area contributed by atoms with Crippen molar-refractivity contribution >= 4 is 24.1 Å². The Morgan fingerprint density at radius 2 is 1.21 bits per heavy atom. The number of nitrogens with one attached hydrogen (secondary N) is 1. The lowest BCUT2D eigenvalue weighted by Crippen LogP contribution is -2.71. The molecule has 0 radical (unpaired) electrons. The molecular weight excluding hydrogens is 486 g/mol. The number of nitrogens with zero attached hydrogens (tertiary/aromatic N) is 2. The molecule has 2 aliphatic heterocycles. The second kappa shape index (κ2) is 10.5. The highest BCUT2D eigenvalue weighted by molar-refractivity contribution is 6.17. The van der Waals surface area contributed by atoms with Gasteiger partial charge in [0.2, 0.25) is 0 Å². The van der Waals surface area contributed by atoms with Crippen LogP contribution >= 0.6 is 0 Å². The Balaban J connectivity index is 1.42. The minimum Gasteiger partial charge on any atom is -0.449 e. The Morgan fingerprint density at radius 1 is 0.763 bits per heavy atom. The quantitative estimate of drug-likeness (QED) is 0.553. The zero-order chi connectivity index (χ0) is 27.6. The molecule has 202 valence electrons. The molecule has 2 aromatic carbocycles. The number of hydrogen-bond acceptors (Lipinski definition) is 6. The van der Waals surface area contributed by atoms with Gasteiger partial charge in [-0.2, -0.15) is 4.90 Å². The van der Waals surface area contributed by atoms with Gasteiger partial charge >= 0.3 is 18.2 Å². The van der Waals surface area contributed by atoms with Gasteiger partial charge in [0.1, 0.15) is 5.54 Å². The third kappa shape index (κ3) is 5.51. The molecule has 0 bridgehead atoms. The van der Waals surface area contributed by atoms with E-state index in [0.29, 0.717) is 17.7 Å². The summed E-state index contributed by atoms with van der Waals surface area (Å²) in [6, 6.07) is 18.4. The Bertz CT molecular complexity index is 1180. The van der Waals surface area contributed by atoms with E-state index in [9.17, 15) is 19.2 Å². The molecule has 2 saturated heterocycles. The molecule has 2 aromatic rings. The first-order valence-electron chi connectivity index (χ1n) is 12.8. The van der Waals surface area contributed by atoms with Crippen molar-refractivity contribution in [3.05, 3.63) is 71.8 Å². The second-order valence-electron chi connectivity index (χ2n) is 11.2. The normalized spacial score (nSPS) is 19.3.